The van der Waals surface area contributed by atoms with Crippen LogP contribution in [0.15, 0.2) is 42.5 Å². The molecule has 2 aromatic rings. The molecule has 120 valence electrons. The van der Waals surface area contributed by atoms with Crippen LogP contribution in [0.1, 0.15) is 15.9 Å². The lowest BCUT2D eigenvalue weighted by Crippen LogP contribution is -2.25. The van der Waals surface area contributed by atoms with Gasteiger partial charge in [-0.3, -0.25) is 4.79 Å². The maximum atomic E-state index is 11.9. The Morgan fingerprint density at radius 1 is 1.09 bits per heavy atom. The van der Waals surface area contributed by atoms with E-state index >= 15 is 0 Å². The fourth-order valence-corrected chi connectivity index (χ4v) is 2.00. The van der Waals surface area contributed by atoms with Gasteiger partial charge in [-0.2, -0.15) is 0 Å². The molecule has 1 N–H and O–H groups in total. The standard InChI is InChI=1S/C17H17NO5/c1-11-14(17(20)21)4-3-5-15(11)18-16(19)10-23-13-8-6-12(22-2)7-9-13/h3-9H,10H2,1-2H3,(H,18,19)(H,20,21)/p-1. The van der Waals surface area contributed by atoms with Crippen molar-refractivity contribution in [1.29, 1.82) is 0 Å². The third kappa shape index (κ3) is 4.23. The number of rotatable bonds is 6. The third-order valence-corrected chi connectivity index (χ3v) is 3.26. The van der Waals surface area contributed by atoms with Crippen LogP contribution in [0.4, 0.5) is 5.69 Å². The molecule has 0 fully saturated rings. The van der Waals surface area contributed by atoms with E-state index in [1.807, 2.05) is 0 Å². The number of ether oxygens (including phenoxy) is 2. The zero-order valence-electron chi connectivity index (χ0n) is 12.8. The molecule has 6 heteroatoms. The number of carboxylic acids is 1. The van der Waals surface area contributed by atoms with Crippen LogP contribution in [0.5, 0.6) is 11.5 Å². The zero-order chi connectivity index (χ0) is 16.8. The van der Waals surface area contributed by atoms with Crippen molar-refractivity contribution in [3.63, 3.8) is 0 Å². The number of hydrogen-bond acceptors (Lipinski definition) is 5. The van der Waals surface area contributed by atoms with Gasteiger partial charge in [0, 0.05) is 11.3 Å². The molecule has 23 heavy (non-hydrogen) atoms. The molecule has 1 amide bonds. The van der Waals surface area contributed by atoms with Gasteiger partial charge >= 0.3 is 0 Å². The highest BCUT2D eigenvalue weighted by atomic mass is 16.5. The van der Waals surface area contributed by atoms with Gasteiger partial charge in [0.05, 0.1) is 13.1 Å². The van der Waals surface area contributed by atoms with E-state index in [9.17, 15) is 14.7 Å². The average molecular weight is 314 g/mol. The predicted molar refractivity (Wildman–Crippen MR) is 82.6 cm³/mol. The van der Waals surface area contributed by atoms with E-state index in [0.29, 0.717) is 22.7 Å². The molecular formula is C17H16NO5-. The number of aromatic carboxylic acids is 1. The van der Waals surface area contributed by atoms with Crippen LogP contribution in [-0.2, 0) is 4.79 Å². The quantitative estimate of drug-likeness (QED) is 0.870. The highest BCUT2D eigenvalue weighted by molar-refractivity contribution is 5.96. The van der Waals surface area contributed by atoms with E-state index in [2.05, 4.69) is 5.32 Å². The second kappa shape index (κ2) is 7.31. The smallest absolute Gasteiger partial charge is 0.262 e. The van der Waals surface area contributed by atoms with Crippen LogP contribution in [0.25, 0.3) is 0 Å². The maximum absolute atomic E-state index is 11.9. The molecule has 0 aliphatic heterocycles. The van der Waals surface area contributed by atoms with Crippen LogP contribution in [0.2, 0.25) is 0 Å². The van der Waals surface area contributed by atoms with Crippen molar-refractivity contribution in [2.75, 3.05) is 19.0 Å². The highest BCUT2D eigenvalue weighted by Gasteiger charge is 2.09. The van der Waals surface area contributed by atoms with Crippen molar-refractivity contribution in [3.05, 3.63) is 53.6 Å². The Morgan fingerprint density at radius 2 is 1.74 bits per heavy atom. The van der Waals surface area contributed by atoms with E-state index in [0.717, 1.165) is 0 Å². The summed E-state index contributed by atoms with van der Waals surface area (Å²) in [5.41, 5.74) is 0.888. The number of anilines is 1. The molecule has 0 aliphatic carbocycles. The highest BCUT2D eigenvalue weighted by Crippen LogP contribution is 2.19. The molecule has 0 unspecified atom stereocenters. The molecule has 0 atom stereocenters. The number of benzene rings is 2. The summed E-state index contributed by atoms with van der Waals surface area (Å²) in [6.45, 7) is 1.41. The summed E-state index contributed by atoms with van der Waals surface area (Å²) < 4.78 is 10.4. The van der Waals surface area contributed by atoms with E-state index in [-0.39, 0.29) is 18.1 Å². The lowest BCUT2D eigenvalue weighted by atomic mass is 10.1. The molecule has 6 nitrogen and oxygen atoms in total. The summed E-state index contributed by atoms with van der Waals surface area (Å²) in [5, 5.41) is 13.6. The molecule has 0 saturated heterocycles. The fraction of sp³-hybridized carbons (Fsp3) is 0.176. The molecular weight excluding hydrogens is 298 g/mol. The van der Waals surface area contributed by atoms with Gasteiger partial charge < -0.3 is 24.7 Å². The van der Waals surface area contributed by atoms with Gasteiger partial charge in [-0.25, -0.2) is 0 Å². The minimum Gasteiger partial charge on any atom is -0.545 e. The molecule has 0 aliphatic rings. The van der Waals surface area contributed by atoms with Gasteiger partial charge in [0.25, 0.3) is 5.91 Å². The topological polar surface area (TPSA) is 87.7 Å². The number of carbonyl (C=O) groups is 2. The summed E-state index contributed by atoms with van der Waals surface area (Å²) in [5.74, 6) is -0.454. The Labute approximate surface area is 133 Å². The average Bonchev–Trinajstić information content (AvgIpc) is 2.55. The first-order chi connectivity index (χ1) is 11.0. The van der Waals surface area contributed by atoms with Crippen molar-refractivity contribution in [3.8, 4) is 11.5 Å². The maximum Gasteiger partial charge on any atom is 0.262 e. The van der Waals surface area contributed by atoms with Crippen molar-refractivity contribution in [2.45, 2.75) is 6.92 Å². The monoisotopic (exact) mass is 314 g/mol. The third-order valence-electron chi connectivity index (χ3n) is 3.26. The van der Waals surface area contributed by atoms with Crippen molar-refractivity contribution in [1.82, 2.24) is 0 Å². The molecule has 2 rings (SSSR count). The van der Waals surface area contributed by atoms with Crippen LogP contribution < -0.4 is 19.9 Å². The second-order valence-corrected chi connectivity index (χ2v) is 4.78. The van der Waals surface area contributed by atoms with Crippen LogP contribution in [-0.4, -0.2) is 25.6 Å². The van der Waals surface area contributed by atoms with Gasteiger partial charge in [-0.05, 0) is 42.8 Å². The first-order valence-electron chi connectivity index (χ1n) is 6.89. The van der Waals surface area contributed by atoms with Gasteiger partial charge in [-0.1, -0.05) is 12.1 Å². The fourth-order valence-electron chi connectivity index (χ4n) is 2.00. The molecule has 2 aromatic carbocycles. The Morgan fingerprint density at radius 3 is 2.35 bits per heavy atom. The summed E-state index contributed by atoms with van der Waals surface area (Å²) in [6.07, 6.45) is 0. The zero-order valence-corrected chi connectivity index (χ0v) is 12.8. The first-order valence-corrected chi connectivity index (χ1v) is 6.89. The number of carbonyl (C=O) groups excluding carboxylic acids is 2. The first kappa shape index (κ1) is 16.4. The summed E-state index contributed by atoms with van der Waals surface area (Å²) in [4.78, 5) is 22.9. The van der Waals surface area contributed by atoms with E-state index in [4.69, 9.17) is 9.47 Å². The summed E-state index contributed by atoms with van der Waals surface area (Å²) >= 11 is 0. The molecule has 0 heterocycles. The number of nitrogens with one attached hydrogen (secondary N) is 1. The minimum atomic E-state index is -1.28. The normalized spacial score (nSPS) is 10.0. The summed E-state index contributed by atoms with van der Waals surface area (Å²) in [6, 6.07) is 11.4. The van der Waals surface area contributed by atoms with Crippen molar-refractivity contribution < 1.29 is 24.2 Å². The molecule has 0 saturated carbocycles. The van der Waals surface area contributed by atoms with Gasteiger partial charge in [0.15, 0.2) is 6.61 Å². The van der Waals surface area contributed by atoms with Crippen molar-refractivity contribution >= 4 is 17.6 Å². The Kier molecular flexibility index (Phi) is 5.19. The Balaban J connectivity index is 1.97. The SMILES string of the molecule is COc1ccc(OCC(=O)Nc2cccc(C(=O)[O-])c2C)cc1. The Bertz CT molecular complexity index is 709. The van der Waals surface area contributed by atoms with Crippen LogP contribution >= 0.6 is 0 Å². The molecule has 0 bridgehead atoms. The molecule has 0 spiro atoms. The number of hydrogen-bond donors (Lipinski definition) is 1. The predicted octanol–water partition coefficient (Wildman–Crippen LogP) is 1.38. The lowest BCUT2D eigenvalue weighted by molar-refractivity contribution is -0.255. The van der Waals surface area contributed by atoms with Gasteiger partial charge in [0.2, 0.25) is 0 Å². The van der Waals surface area contributed by atoms with Gasteiger partial charge in [0.1, 0.15) is 11.5 Å². The van der Waals surface area contributed by atoms with Crippen molar-refractivity contribution in [2.24, 2.45) is 0 Å². The summed E-state index contributed by atoms with van der Waals surface area (Å²) in [7, 11) is 1.56. The van der Waals surface area contributed by atoms with Crippen LogP contribution in [0.3, 0.4) is 0 Å². The molecule has 0 aromatic heterocycles. The minimum absolute atomic E-state index is 0.0406. The number of amides is 1. The van der Waals surface area contributed by atoms with E-state index in [1.165, 1.54) is 12.1 Å². The second-order valence-electron chi connectivity index (χ2n) is 4.78. The van der Waals surface area contributed by atoms with Crippen LogP contribution in [0, 0.1) is 6.92 Å². The Hall–Kier alpha value is -3.02. The van der Waals surface area contributed by atoms with Gasteiger partial charge in [-0.15, -0.1) is 0 Å². The van der Waals surface area contributed by atoms with E-state index < -0.39 is 5.97 Å². The largest absolute Gasteiger partial charge is 0.545 e. The molecule has 0 radical (unpaired) electrons. The van der Waals surface area contributed by atoms with E-state index in [1.54, 1.807) is 44.4 Å². The number of methoxy groups -OCH3 is 1. The lowest BCUT2D eigenvalue weighted by Gasteiger charge is -2.13. The number of carboxylic acid groups (broad SMARTS) is 1.